The SMILES string of the molecule is COC(OC)C(C)(C)OC(C)=O. The number of carbonyl (C=O) groups excluding carboxylic acids is 1. The van der Waals surface area contributed by atoms with Gasteiger partial charge >= 0.3 is 5.97 Å². The lowest BCUT2D eigenvalue weighted by Crippen LogP contribution is -2.42. The molecule has 0 heterocycles. The fourth-order valence-electron chi connectivity index (χ4n) is 1.08. The molecule has 0 spiro atoms. The van der Waals surface area contributed by atoms with Gasteiger partial charge in [0.2, 0.25) is 0 Å². The minimum absolute atomic E-state index is 0.348. The normalized spacial score (nSPS) is 11.8. The van der Waals surface area contributed by atoms with Crippen LogP contribution in [-0.2, 0) is 19.0 Å². The first-order valence-electron chi connectivity index (χ1n) is 3.69. The molecule has 0 unspecified atom stereocenters. The van der Waals surface area contributed by atoms with Gasteiger partial charge in [-0.3, -0.25) is 4.79 Å². The summed E-state index contributed by atoms with van der Waals surface area (Å²) in [4.78, 5) is 10.7. The van der Waals surface area contributed by atoms with Crippen molar-refractivity contribution >= 4 is 5.97 Å². The van der Waals surface area contributed by atoms with Crippen LogP contribution >= 0.6 is 0 Å². The molecule has 0 aromatic heterocycles. The molecule has 0 bridgehead atoms. The maximum atomic E-state index is 10.7. The van der Waals surface area contributed by atoms with Crippen molar-refractivity contribution in [2.75, 3.05) is 14.2 Å². The van der Waals surface area contributed by atoms with Crippen molar-refractivity contribution in [3.63, 3.8) is 0 Å². The number of methoxy groups -OCH3 is 2. The number of rotatable bonds is 4. The van der Waals surface area contributed by atoms with Gasteiger partial charge in [-0.2, -0.15) is 0 Å². The molecule has 12 heavy (non-hydrogen) atoms. The summed E-state index contributed by atoms with van der Waals surface area (Å²) in [5, 5.41) is 0. The van der Waals surface area contributed by atoms with Gasteiger partial charge in [-0.05, 0) is 13.8 Å². The largest absolute Gasteiger partial charge is 0.454 e. The van der Waals surface area contributed by atoms with Crippen molar-refractivity contribution in [2.24, 2.45) is 0 Å². The van der Waals surface area contributed by atoms with Crippen molar-refractivity contribution < 1.29 is 19.0 Å². The number of ether oxygens (including phenoxy) is 3. The lowest BCUT2D eigenvalue weighted by Gasteiger charge is -2.30. The van der Waals surface area contributed by atoms with E-state index in [0.29, 0.717) is 0 Å². The highest BCUT2D eigenvalue weighted by atomic mass is 16.7. The van der Waals surface area contributed by atoms with Crippen molar-refractivity contribution in [1.29, 1.82) is 0 Å². The second-order valence-electron chi connectivity index (χ2n) is 3.00. The van der Waals surface area contributed by atoms with Crippen molar-refractivity contribution in [1.82, 2.24) is 0 Å². The standard InChI is InChI=1S/C8H16O4/c1-6(9)12-8(2,3)7(10-4)11-5/h7H,1-5H3. The topological polar surface area (TPSA) is 44.8 Å². The quantitative estimate of drug-likeness (QED) is 0.472. The molecule has 0 saturated carbocycles. The van der Waals surface area contributed by atoms with Crippen LogP contribution in [-0.4, -0.2) is 32.1 Å². The molecule has 4 heteroatoms. The zero-order valence-corrected chi connectivity index (χ0v) is 8.21. The number of hydrogen-bond acceptors (Lipinski definition) is 4. The lowest BCUT2D eigenvalue weighted by molar-refractivity contribution is -0.219. The Morgan fingerprint density at radius 1 is 1.25 bits per heavy atom. The highest BCUT2D eigenvalue weighted by molar-refractivity contribution is 5.66. The third-order valence-electron chi connectivity index (χ3n) is 1.40. The molecular formula is C8H16O4. The van der Waals surface area contributed by atoms with Gasteiger partial charge < -0.3 is 14.2 Å². The summed E-state index contributed by atoms with van der Waals surface area (Å²) >= 11 is 0. The number of carbonyl (C=O) groups is 1. The number of esters is 1. The summed E-state index contributed by atoms with van der Waals surface area (Å²) < 4.78 is 14.9. The van der Waals surface area contributed by atoms with Crippen molar-refractivity contribution in [3.8, 4) is 0 Å². The van der Waals surface area contributed by atoms with E-state index in [2.05, 4.69) is 0 Å². The van der Waals surface area contributed by atoms with E-state index in [1.807, 2.05) is 0 Å². The molecule has 0 aromatic rings. The summed E-state index contributed by atoms with van der Waals surface area (Å²) in [6, 6.07) is 0. The molecule has 0 aliphatic heterocycles. The lowest BCUT2D eigenvalue weighted by atomic mass is 10.1. The van der Waals surface area contributed by atoms with Gasteiger partial charge in [0.1, 0.15) is 0 Å². The van der Waals surface area contributed by atoms with E-state index >= 15 is 0 Å². The van der Waals surface area contributed by atoms with Gasteiger partial charge in [-0.25, -0.2) is 0 Å². The Kier molecular flexibility index (Phi) is 4.20. The molecule has 0 fully saturated rings. The van der Waals surface area contributed by atoms with Gasteiger partial charge in [-0.1, -0.05) is 0 Å². The Bertz CT molecular complexity index is 149. The van der Waals surface area contributed by atoms with E-state index in [4.69, 9.17) is 14.2 Å². The Morgan fingerprint density at radius 3 is 1.92 bits per heavy atom. The highest BCUT2D eigenvalue weighted by Crippen LogP contribution is 2.17. The summed E-state index contributed by atoms with van der Waals surface area (Å²) in [6.07, 6.45) is -0.540. The number of hydrogen-bond donors (Lipinski definition) is 0. The summed E-state index contributed by atoms with van der Waals surface area (Å²) in [6.45, 7) is 4.81. The average Bonchev–Trinajstić information content (AvgIpc) is 1.85. The van der Waals surface area contributed by atoms with Gasteiger partial charge in [0.25, 0.3) is 0 Å². The maximum Gasteiger partial charge on any atom is 0.303 e. The van der Waals surface area contributed by atoms with Crippen LogP contribution in [0.15, 0.2) is 0 Å². The predicted molar refractivity (Wildman–Crippen MR) is 43.7 cm³/mol. The first kappa shape index (κ1) is 11.4. The monoisotopic (exact) mass is 176 g/mol. The summed E-state index contributed by atoms with van der Waals surface area (Å²) in [7, 11) is 3.00. The summed E-state index contributed by atoms with van der Waals surface area (Å²) in [5.74, 6) is -0.348. The molecule has 0 rings (SSSR count). The second-order valence-corrected chi connectivity index (χ2v) is 3.00. The fraction of sp³-hybridized carbons (Fsp3) is 0.875. The van der Waals surface area contributed by atoms with E-state index < -0.39 is 11.9 Å². The van der Waals surface area contributed by atoms with Gasteiger partial charge in [-0.15, -0.1) is 0 Å². The Hall–Kier alpha value is -0.610. The molecule has 0 amide bonds. The molecule has 0 aliphatic carbocycles. The third kappa shape index (κ3) is 3.19. The summed E-state index contributed by atoms with van der Waals surface area (Å²) in [5.41, 5.74) is -0.755. The fourth-order valence-corrected chi connectivity index (χ4v) is 1.08. The van der Waals surface area contributed by atoms with Crippen LogP contribution in [0.2, 0.25) is 0 Å². The van der Waals surface area contributed by atoms with Crippen molar-refractivity contribution in [2.45, 2.75) is 32.7 Å². The molecule has 0 aromatic carbocycles. The molecule has 0 aliphatic rings. The highest BCUT2D eigenvalue weighted by Gasteiger charge is 2.32. The molecule has 0 saturated heterocycles. The Balaban J connectivity index is 4.24. The zero-order valence-electron chi connectivity index (χ0n) is 8.21. The minimum atomic E-state index is -0.755. The van der Waals surface area contributed by atoms with Crippen LogP contribution in [0.4, 0.5) is 0 Å². The first-order valence-corrected chi connectivity index (χ1v) is 3.69. The van der Waals surface area contributed by atoms with E-state index in [-0.39, 0.29) is 5.97 Å². The van der Waals surface area contributed by atoms with Crippen LogP contribution in [0.1, 0.15) is 20.8 Å². The second kappa shape index (κ2) is 4.42. The van der Waals surface area contributed by atoms with E-state index in [1.165, 1.54) is 21.1 Å². The van der Waals surface area contributed by atoms with E-state index in [1.54, 1.807) is 13.8 Å². The van der Waals surface area contributed by atoms with Crippen LogP contribution in [0.25, 0.3) is 0 Å². The molecular weight excluding hydrogens is 160 g/mol. The minimum Gasteiger partial charge on any atom is -0.454 e. The van der Waals surface area contributed by atoms with Crippen molar-refractivity contribution in [3.05, 3.63) is 0 Å². The molecule has 0 radical (unpaired) electrons. The van der Waals surface area contributed by atoms with Gasteiger partial charge in [0, 0.05) is 21.1 Å². The van der Waals surface area contributed by atoms with Crippen LogP contribution in [0.3, 0.4) is 0 Å². The van der Waals surface area contributed by atoms with E-state index in [0.717, 1.165) is 0 Å². The van der Waals surface area contributed by atoms with Gasteiger partial charge in [0.15, 0.2) is 11.9 Å². The first-order chi connectivity index (χ1) is 5.44. The van der Waals surface area contributed by atoms with Gasteiger partial charge in [0.05, 0.1) is 0 Å². The van der Waals surface area contributed by atoms with Crippen LogP contribution < -0.4 is 0 Å². The third-order valence-corrected chi connectivity index (χ3v) is 1.40. The molecule has 4 nitrogen and oxygen atoms in total. The Labute approximate surface area is 72.8 Å². The molecule has 0 N–H and O–H groups in total. The van der Waals surface area contributed by atoms with E-state index in [9.17, 15) is 4.79 Å². The molecule has 72 valence electrons. The Morgan fingerprint density at radius 2 is 1.67 bits per heavy atom. The molecule has 0 atom stereocenters. The van der Waals surface area contributed by atoms with Crippen LogP contribution in [0.5, 0.6) is 0 Å². The smallest absolute Gasteiger partial charge is 0.303 e. The predicted octanol–water partition coefficient (Wildman–Crippen LogP) is 0.947. The average molecular weight is 176 g/mol. The maximum absolute atomic E-state index is 10.7. The zero-order chi connectivity index (χ0) is 9.78. The van der Waals surface area contributed by atoms with Crippen LogP contribution in [0, 0.1) is 0 Å².